The quantitative estimate of drug-likeness (QED) is 0.636. The molecule has 0 aromatic heterocycles. The summed E-state index contributed by atoms with van der Waals surface area (Å²) >= 11 is 0. The fourth-order valence-electron chi connectivity index (χ4n) is 2.64. The first-order valence-electron chi connectivity index (χ1n) is 8.00. The van der Waals surface area contributed by atoms with Crippen LogP contribution < -0.4 is 0 Å². The molecule has 1 unspecified atom stereocenters. The summed E-state index contributed by atoms with van der Waals surface area (Å²) in [5.74, 6) is 0. The highest BCUT2D eigenvalue weighted by molar-refractivity contribution is 5.55. The summed E-state index contributed by atoms with van der Waals surface area (Å²) in [6.45, 7) is 0.767. The van der Waals surface area contributed by atoms with Crippen molar-refractivity contribution < 1.29 is 9.53 Å². The van der Waals surface area contributed by atoms with Crippen LogP contribution in [0.5, 0.6) is 0 Å². The van der Waals surface area contributed by atoms with E-state index in [2.05, 4.69) is 0 Å². The Hall–Kier alpha value is -0.370. The first kappa shape index (κ1) is 15.7. The molecule has 1 atom stereocenters. The van der Waals surface area contributed by atoms with E-state index in [1.54, 1.807) is 0 Å². The molecule has 2 heteroatoms. The maximum atomic E-state index is 10.9. The summed E-state index contributed by atoms with van der Waals surface area (Å²) in [4.78, 5) is 10.9. The van der Waals surface area contributed by atoms with E-state index in [9.17, 15) is 4.79 Å². The van der Waals surface area contributed by atoms with E-state index in [0.29, 0.717) is 0 Å². The van der Waals surface area contributed by atoms with Gasteiger partial charge in [-0.05, 0) is 12.8 Å². The Kier molecular flexibility index (Phi) is 10.2. The minimum Gasteiger partial charge on any atom is -0.371 e. The highest BCUT2D eigenvalue weighted by atomic mass is 16.5. The summed E-state index contributed by atoms with van der Waals surface area (Å²) in [5.41, 5.74) is 0. The summed E-state index contributed by atoms with van der Waals surface area (Å²) in [6, 6.07) is 0. The molecular formula is C16H30O2. The average molecular weight is 254 g/mol. The van der Waals surface area contributed by atoms with E-state index in [-0.39, 0.29) is 6.10 Å². The Labute approximate surface area is 112 Å². The monoisotopic (exact) mass is 254 g/mol. The molecule has 0 radical (unpaired) electrons. The van der Waals surface area contributed by atoms with E-state index in [4.69, 9.17) is 4.74 Å². The SMILES string of the molecule is O=CC1CCCCCCCCCCCCCCO1. The van der Waals surface area contributed by atoms with Crippen LogP contribution in [0, 0.1) is 0 Å². The number of hydrogen-bond donors (Lipinski definition) is 0. The lowest BCUT2D eigenvalue weighted by Gasteiger charge is -2.12. The second kappa shape index (κ2) is 11.7. The van der Waals surface area contributed by atoms with Crippen molar-refractivity contribution in [1.29, 1.82) is 0 Å². The summed E-state index contributed by atoms with van der Waals surface area (Å²) in [7, 11) is 0. The van der Waals surface area contributed by atoms with Gasteiger partial charge in [0.25, 0.3) is 0 Å². The molecular weight excluding hydrogens is 224 g/mol. The van der Waals surface area contributed by atoms with Crippen LogP contribution in [-0.4, -0.2) is 19.0 Å². The third-order valence-corrected chi connectivity index (χ3v) is 3.87. The van der Waals surface area contributed by atoms with Crippen LogP contribution in [0.2, 0.25) is 0 Å². The number of ether oxygens (including phenoxy) is 1. The fourth-order valence-corrected chi connectivity index (χ4v) is 2.64. The maximum Gasteiger partial charge on any atom is 0.148 e. The van der Waals surface area contributed by atoms with Crippen LogP contribution >= 0.6 is 0 Å². The van der Waals surface area contributed by atoms with Crippen molar-refractivity contribution in [3.63, 3.8) is 0 Å². The second-order valence-corrected chi connectivity index (χ2v) is 5.58. The van der Waals surface area contributed by atoms with Crippen LogP contribution in [0.25, 0.3) is 0 Å². The van der Waals surface area contributed by atoms with Gasteiger partial charge in [0.2, 0.25) is 0 Å². The van der Waals surface area contributed by atoms with Gasteiger partial charge >= 0.3 is 0 Å². The Morgan fingerprint density at radius 2 is 1.11 bits per heavy atom. The molecule has 18 heavy (non-hydrogen) atoms. The van der Waals surface area contributed by atoms with Crippen LogP contribution in [0.1, 0.15) is 83.5 Å². The summed E-state index contributed by atoms with van der Waals surface area (Å²) in [6.07, 6.45) is 17.6. The number of hydrogen-bond acceptors (Lipinski definition) is 2. The van der Waals surface area contributed by atoms with E-state index in [0.717, 1.165) is 32.2 Å². The van der Waals surface area contributed by atoms with Crippen LogP contribution in [-0.2, 0) is 9.53 Å². The largest absolute Gasteiger partial charge is 0.371 e. The topological polar surface area (TPSA) is 26.3 Å². The molecule has 106 valence electrons. The first-order chi connectivity index (χ1) is 8.93. The van der Waals surface area contributed by atoms with E-state index in [1.165, 1.54) is 64.2 Å². The molecule has 1 aliphatic heterocycles. The van der Waals surface area contributed by atoms with Crippen LogP contribution in [0.15, 0.2) is 0 Å². The molecule has 2 nitrogen and oxygen atoms in total. The van der Waals surface area contributed by atoms with Gasteiger partial charge in [0.15, 0.2) is 0 Å². The van der Waals surface area contributed by atoms with Gasteiger partial charge in [-0.2, -0.15) is 0 Å². The molecule has 0 saturated carbocycles. The van der Waals surface area contributed by atoms with E-state index < -0.39 is 0 Å². The molecule has 0 bridgehead atoms. The van der Waals surface area contributed by atoms with Crippen molar-refractivity contribution in [2.24, 2.45) is 0 Å². The molecule has 0 aromatic rings. The Morgan fingerprint density at radius 3 is 1.61 bits per heavy atom. The zero-order valence-corrected chi connectivity index (χ0v) is 11.9. The maximum absolute atomic E-state index is 10.9. The molecule has 1 saturated heterocycles. The minimum atomic E-state index is -0.141. The zero-order chi connectivity index (χ0) is 12.9. The Bertz CT molecular complexity index is 176. The third kappa shape index (κ3) is 8.68. The normalized spacial score (nSPS) is 26.6. The van der Waals surface area contributed by atoms with E-state index in [1.807, 2.05) is 0 Å². The lowest BCUT2D eigenvalue weighted by molar-refractivity contribution is -0.118. The van der Waals surface area contributed by atoms with Gasteiger partial charge in [0.05, 0.1) is 0 Å². The number of carbonyl (C=O) groups is 1. The third-order valence-electron chi connectivity index (χ3n) is 3.87. The molecule has 1 rings (SSSR count). The number of carbonyl (C=O) groups excluding carboxylic acids is 1. The van der Waals surface area contributed by atoms with Crippen LogP contribution in [0.4, 0.5) is 0 Å². The predicted molar refractivity (Wildman–Crippen MR) is 75.8 cm³/mol. The van der Waals surface area contributed by atoms with E-state index >= 15 is 0 Å². The summed E-state index contributed by atoms with van der Waals surface area (Å²) in [5, 5.41) is 0. The average Bonchev–Trinajstić information content (AvgIpc) is 2.39. The summed E-state index contributed by atoms with van der Waals surface area (Å²) < 4.78 is 5.62. The van der Waals surface area contributed by atoms with Gasteiger partial charge < -0.3 is 9.53 Å². The van der Waals surface area contributed by atoms with Crippen LogP contribution in [0.3, 0.4) is 0 Å². The van der Waals surface area contributed by atoms with Gasteiger partial charge in [0.1, 0.15) is 12.4 Å². The van der Waals surface area contributed by atoms with Gasteiger partial charge in [0, 0.05) is 6.61 Å². The second-order valence-electron chi connectivity index (χ2n) is 5.58. The molecule has 0 N–H and O–H groups in total. The fraction of sp³-hybridized carbons (Fsp3) is 0.938. The van der Waals surface area contributed by atoms with Crippen molar-refractivity contribution in [2.75, 3.05) is 6.61 Å². The molecule has 1 aliphatic rings. The first-order valence-corrected chi connectivity index (χ1v) is 8.00. The van der Waals surface area contributed by atoms with Crippen molar-refractivity contribution in [2.45, 2.75) is 89.6 Å². The molecule has 0 amide bonds. The Morgan fingerprint density at radius 1 is 0.667 bits per heavy atom. The van der Waals surface area contributed by atoms with Crippen molar-refractivity contribution in [1.82, 2.24) is 0 Å². The number of aldehydes is 1. The lowest BCUT2D eigenvalue weighted by atomic mass is 10.0. The molecule has 1 heterocycles. The van der Waals surface area contributed by atoms with Crippen molar-refractivity contribution >= 4 is 6.29 Å². The standard InChI is InChI=1S/C16H30O2/c17-15-16-13-11-9-7-5-3-1-2-4-6-8-10-12-14-18-16/h15-16H,1-14H2. The highest BCUT2D eigenvalue weighted by Gasteiger charge is 2.07. The highest BCUT2D eigenvalue weighted by Crippen LogP contribution is 2.14. The van der Waals surface area contributed by atoms with Crippen molar-refractivity contribution in [3.05, 3.63) is 0 Å². The molecule has 0 aliphatic carbocycles. The van der Waals surface area contributed by atoms with Gasteiger partial charge in [-0.1, -0.05) is 70.6 Å². The predicted octanol–water partition coefficient (Wildman–Crippen LogP) is 4.66. The van der Waals surface area contributed by atoms with Crippen molar-refractivity contribution in [3.8, 4) is 0 Å². The minimum absolute atomic E-state index is 0.141. The van der Waals surface area contributed by atoms with Gasteiger partial charge in [-0.15, -0.1) is 0 Å². The lowest BCUT2D eigenvalue weighted by Crippen LogP contribution is -2.15. The number of rotatable bonds is 1. The smallest absolute Gasteiger partial charge is 0.148 e. The van der Waals surface area contributed by atoms with Gasteiger partial charge in [-0.3, -0.25) is 0 Å². The molecule has 0 spiro atoms. The molecule has 0 aromatic carbocycles. The Balaban J connectivity index is 2.17. The zero-order valence-electron chi connectivity index (χ0n) is 11.9. The molecule has 1 fully saturated rings. The van der Waals surface area contributed by atoms with Gasteiger partial charge in [-0.25, -0.2) is 0 Å².